The molecule has 0 rings (SSSR count). The number of aldehydes is 1. The van der Waals surface area contributed by atoms with Gasteiger partial charge in [0.05, 0.1) is 6.10 Å². The van der Waals surface area contributed by atoms with E-state index in [9.17, 15) is 4.79 Å². The molecule has 0 aliphatic rings. The van der Waals surface area contributed by atoms with Gasteiger partial charge < -0.3 is 4.74 Å². The molecule has 0 bridgehead atoms. The van der Waals surface area contributed by atoms with Crippen LogP contribution in [-0.2, 0) is 9.53 Å². The number of hydrogen-bond donors (Lipinski definition) is 0. The minimum absolute atomic E-state index is 0.109. The third kappa shape index (κ3) is 5.40. The fourth-order valence-corrected chi connectivity index (χ4v) is 0.638. The molecule has 0 saturated carbocycles. The van der Waals surface area contributed by atoms with Crippen LogP contribution in [-0.4, -0.2) is 12.4 Å². The summed E-state index contributed by atoms with van der Waals surface area (Å²) >= 11 is 0. The molecule has 0 aromatic carbocycles. The maximum atomic E-state index is 10.1. The van der Waals surface area contributed by atoms with Gasteiger partial charge in [-0.05, 0) is 26.8 Å². The minimum Gasteiger partial charge on any atom is -0.491 e. The van der Waals surface area contributed by atoms with Gasteiger partial charge in [0.25, 0.3) is 0 Å². The van der Waals surface area contributed by atoms with E-state index in [-0.39, 0.29) is 6.10 Å². The van der Waals surface area contributed by atoms with Gasteiger partial charge in [0.1, 0.15) is 12.0 Å². The molecule has 0 heterocycles. The highest BCUT2D eigenvalue weighted by Gasteiger charge is 1.94. The molecule has 0 aromatic heterocycles. The van der Waals surface area contributed by atoms with Crippen LogP contribution in [0.1, 0.15) is 20.8 Å². The zero-order valence-corrected chi connectivity index (χ0v) is 7.20. The van der Waals surface area contributed by atoms with E-state index in [0.29, 0.717) is 5.76 Å². The zero-order chi connectivity index (χ0) is 8.69. The number of allylic oxidation sites excluding steroid dienone is 3. The molecule has 0 fully saturated rings. The molecule has 0 spiro atoms. The largest absolute Gasteiger partial charge is 0.491 e. The summed E-state index contributed by atoms with van der Waals surface area (Å²) in [4.78, 5) is 10.1. The predicted octanol–water partition coefficient (Wildman–Crippen LogP) is 2.07. The monoisotopic (exact) mass is 154 g/mol. The smallest absolute Gasteiger partial charge is 0.146 e. The lowest BCUT2D eigenvalue weighted by atomic mass is 10.4. The van der Waals surface area contributed by atoms with Crippen LogP contribution in [0.3, 0.4) is 0 Å². The van der Waals surface area contributed by atoms with Gasteiger partial charge in [-0.25, -0.2) is 0 Å². The number of rotatable bonds is 4. The number of carbonyl (C=O) groups excluding carboxylic acids is 1. The molecule has 0 saturated heterocycles. The van der Waals surface area contributed by atoms with E-state index in [0.717, 1.165) is 6.29 Å². The van der Waals surface area contributed by atoms with Gasteiger partial charge in [-0.2, -0.15) is 0 Å². The highest BCUT2D eigenvalue weighted by Crippen LogP contribution is 2.02. The Morgan fingerprint density at radius 1 is 1.45 bits per heavy atom. The maximum Gasteiger partial charge on any atom is 0.146 e. The van der Waals surface area contributed by atoms with Crippen molar-refractivity contribution in [2.45, 2.75) is 26.9 Å². The molecule has 0 N–H and O–H groups in total. The first kappa shape index (κ1) is 9.95. The summed E-state index contributed by atoms with van der Waals surface area (Å²) in [7, 11) is 0. The summed E-state index contributed by atoms with van der Waals surface area (Å²) in [6.07, 6.45) is 5.82. The van der Waals surface area contributed by atoms with E-state index in [4.69, 9.17) is 4.74 Å². The molecule has 0 atom stereocenters. The summed E-state index contributed by atoms with van der Waals surface area (Å²) in [6.45, 7) is 5.71. The van der Waals surface area contributed by atoms with Gasteiger partial charge in [0.15, 0.2) is 0 Å². The van der Waals surface area contributed by atoms with Crippen molar-refractivity contribution >= 4 is 6.29 Å². The van der Waals surface area contributed by atoms with E-state index in [1.165, 1.54) is 6.08 Å². The number of ether oxygens (including phenoxy) is 1. The van der Waals surface area contributed by atoms with Crippen molar-refractivity contribution in [3.8, 4) is 0 Å². The Morgan fingerprint density at radius 3 is 2.45 bits per heavy atom. The van der Waals surface area contributed by atoms with Crippen LogP contribution < -0.4 is 0 Å². The predicted molar refractivity (Wildman–Crippen MR) is 45.2 cm³/mol. The third-order valence-electron chi connectivity index (χ3n) is 0.935. The molecule has 11 heavy (non-hydrogen) atoms. The van der Waals surface area contributed by atoms with Crippen molar-refractivity contribution in [3.05, 3.63) is 24.0 Å². The minimum atomic E-state index is 0.109. The molecular formula is C9H14O2. The highest BCUT2D eigenvalue weighted by molar-refractivity contribution is 5.66. The molecule has 0 aliphatic carbocycles. The van der Waals surface area contributed by atoms with Crippen LogP contribution in [0.2, 0.25) is 0 Å². The fraction of sp³-hybridized carbons (Fsp3) is 0.444. The Bertz CT molecular complexity index is 166. The first-order valence-electron chi connectivity index (χ1n) is 3.65. The van der Waals surface area contributed by atoms with Crippen molar-refractivity contribution < 1.29 is 9.53 Å². The van der Waals surface area contributed by atoms with Crippen LogP contribution in [0.4, 0.5) is 0 Å². The van der Waals surface area contributed by atoms with Crippen molar-refractivity contribution in [3.63, 3.8) is 0 Å². The van der Waals surface area contributed by atoms with Gasteiger partial charge in [-0.1, -0.05) is 6.08 Å². The standard InChI is InChI=1S/C9H14O2/c1-4-5-9(6-7-10)11-8(2)3/h4-8H,1-3H3/b5-4-,9-6?. The van der Waals surface area contributed by atoms with Crippen LogP contribution >= 0.6 is 0 Å². The lowest BCUT2D eigenvalue weighted by Crippen LogP contribution is -2.00. The van der Waals surface area contributed by atoms with Crippen LogP contribution in [0, 0.1) is 0 Å². The lowest BCUT2D eigenvalue weighted by molar-refractivity contribution is -0.104. The molecule has 62 valence electrons. The Balaban J connectivity index is 4.11. The normalized spacial score (nSPS) is 12.5. The van der Waals surface area contributed by atoms with Gasteiger partial charge >= 0.3 is 0 Å². The lowest BCUT2D eigenvalue weighted by Gasteiger charge is -2.08. The zero-order valence-electron chi connectivity index (χ0n) is 7.20. The Hall–Kier alpha value is -1.05. The second-order valence-electron chi connectivity index (χ2n) is 2.37. The number of hydrogen-bond acceptors (Lipinski definition) is 2. The average molecular weight is 154 g/mol. The molecule has 0 amide bonds. The molecule has 0 unspecified atom stereocenters. The van der Waals surface area contributed by atoms with E-state index in [1.807, 2.05) is 26.8 Å². The van der Waals surface area contributed by atoms with Crippen LogP contribution in [0.25, 0.3) is 0 Å². The summed E-state index contributed by atoms with van der Waals surface area (Å²) < 4.78 is 5.27. The molecule has 0 radical (unpaired) electrons. The fourth-order valence-electron chi connectivity index (χ4n) is 0.638. The molecule has 0 aliphatic heterocycles. The summed E-state index contributed by atoms with van der Waals surface area (Å²) in [5, 5.41) is 0. The van der Waals surface area contributed by atoms with Crippen molar-refractivity contribution in [1.82, 2.24) is 0 Å². The molecule has 2 heteroatoms. The van der Waals surface area contributed by atoms with E-state index in [1.54, 1.807) is 6.08 Å². The second kappa shape index (κ2) is 5.71. The summed E-state index contributed by atoms with van der Waals surface area (Å²) in [6, 6.07) is 0. The van der Waals surface area contributed by atoms with Crippen LogP contribution in [0.5, 0.6) is 0 Å². The molecule has 2 nitrogen and oxygen atoms in total. The maximum absolute atomic E-state index is 10.1. The highest BCUT2D eigenvalue weighted by atomic mass is 16.5. The van der Waals surface area contributed by atoms with E-state index < -0.39 is 0 Å². The topological polar surface area (TPSA) is 26.3 Å². The van der Waals surface area contributed by atoms with E-state index >= 15 is 0 Å². The first-order valence-corrected chi connectivity index (χ1v) is 3.65. The second-order valence-corrected chi connectivity index (χ2v) is 2.37. The van der Waals surface area contributed by atoms with Crippen molar-refractivity contribution in [2.24, 2.45) is 0 Å². The van der Waals surface area contributed by atoms with Gasteiger partial charge in [-0.3, -0.25) is 4.79 Å². The first-order chi connectivity index (χ1) is 5.20. The summed E-state index contributed by atoms with van der Waals surface area (Å²) in [5.41, 5.74) is 0. The van der Waals surface area contributed by atoms with Gasteiger partial charge in [0.2, 0.25) is 0 Å². The van der Waals surface area contributed by atoms with Gasteiger partial charge in [0, 0.05) is 6.08 Å². The summed E-state index contributed by atoms with van der Waals surface area (Å²) in [5.74, 6) is 0.609. The Kier molecular flexibility index (Phi) is 5.17. The Morgan fingerprint density at radius 2 is 2.09 bits per heavy atom. The van der Waals surface area contributed by atoms with E-state index in [2.05, 4.69) is 0 Å². The van der Waals surface area contributed by atoms with Gasteiger partial charge in [-0.15, -0.1) is 0 Å². The molecular weight excluding hydrogens is 140 g/mol. The van der Waals surface area contributed by atoms with Crippen LogP contribution in [0.15, 0.2) is 24.0 Å². The van der Waals surface area contributed by atoms with Crippen molar-refractivity contribution in [1.29, 1.82) is 0 Å². The third-order valence-corrected chi connectivity index (χ3v) is 0.935. The quantitative estimate of drug-likeness (QED) is 0.268. The SMILES string of the molecule is C/C=C\C(=CC=O)OC(C)C. The van der Waals surface area contributed by atoms with Crippen molar-refractivity contribution in [2.75, 3.05) is 0 Å². The average Bonchev–Trinajstić information content (AvgIpc) is 1.87. The number of carbonyl (C=O) groups is 1. The molecule has 0 aromatic rings. The Labute approximate surface area is 67.6 Å².